The minimum atomic E-state index is -0.946. The van der Waals surface area contributed by atoms with Crippen molar-refractivity contribution in [3.05, 3.63) is 35.9 Å². The number of nitrogens with zero attached hydrogens (tertiary/aromatic N) is 3. The Bertz CT molecular complexity index is 842. The number of piperazine rings is 1. The zero-order valence-corrected chi connectivity index (χ0v) is 18.6. The summed E-state index contributed by atoms with van der Waals surface area (Å²) in [5, 5.41) is 0. The van der Waals surface area contributed by atoms with Gasteiger partial charge in [-0.05, 0) is 25.3 Å². The molecule has 0 radical (unpaired) electrons. The second-order valence-corrected chi connectivity index (χ2v) is 8.98. The highest BCUT2D eigenvalue weighted by atomic mass is 16.5. The van der Waals surface area contributed by atoms with Crippen molar-refractivity contribution in [1.29, 1.82) is 0 Å². The lowest BCUT2D eigenvalue weighted by molar-refractivity contribution is -0.163. The van der Waals surface area contributed by atoms with E-state index < -0.39 is 18.6 Å². The van der Waals surface area contributed by atoms with E-state index in [2.05, 4.69) is 17.0 Å². The first-order valence-electron chi connectivity index (χ1n) is 11.5. The van der Waals surface area contributed by atoms with E-state index in [4.69, 9.17) is 4.74 Å². The zero-order chi connectivity index (χ0) is 22.7. The molecule has 0 N–H and O–H groups in total. The van der Waals surface area contributed by atoms with Crippen LogP contribution in [-0.4, -0.2) is 77.2 Å². The molecule has 0 aromatic heterocycles. The maximum Gasteiger partial charge on any atom is 0.326 e. The highest BCUT2D eigenvalue weighted by Crippen LogP contribution is 2.37. The molecule has 172 valence electrons. The summed E-state index contributed by atoms with van der Waals surface area (Å²) in [6, 6.07) is 10.2. The lowest BCUT2D eigenvalue weighted by Crippen LogP contribution is -2.51. The van der Waals surface area contributed by atoms with Crippen LogP contribution in [0, 0.1) is 11.8 Å². The number of ether oxygens (including phenoxy) is 1. The Hall–Kier alpha value is -2.74. The molecule has 1 saturated carbocycles. The van der Waals surface area contributed by atoms with Gasteiger partial charge < -0.3 is 9.64 Å². The Kier molecular flexibility index (Phi) is 6.89. The molecule has 3 amide bonds. The number of carbonyl (C=O) groups is 4. The van der Waals surface area contributed by atoms with Crippen molar-refractivity contribution in [2.45, 2.75) is 45.3 Å². The SMILES string of the molecule is CC(OC(=O)CN1C(=O)C2CCCCC2C1=O)C(=O)N1CCN(Cc2ccccc2)CC1. The fourth-order valence-corrected chi connectivity index (χ4v) is 5.03. The predicted octanol–water partition coefficient (Wildman–Crippen LogP) is 1.44. The van der Waals surface area contributed by atoms with Crippen molar-refractivity contribution in [2.75, 3.05) is 32.7 Å². The Balaban J connectivity index is 1.23. The molecule has 3 aliphatic rings. The molecule has 4 rings (SSSR count). The molecule has 3 fully saturated rings. The predicted molar refractivity (Wildman–Crippen MR) is 116 cm³/mol. The lowest BCUT2D eigenvalue weighted by atomic mass is 9.81. The minimum absolute atomic E-state index is 0.245. The molecule has 1 aliphatic carbocycles. The van der Waals surface area contributed by atoms with Gasteiger partial charge in [0.25, 0.3) is 5.91 Å². The lowest BCUT2D eigenvalue weighted by Gasteiger charge is -2.35. The second-order valence-electron chi connectivity index (χ2n) is 8.98. The van der Waals surface area contributed by atoms with Gasteiger partial charge in [-0.2, -0.15) is 0 Å². The normalized spacial score (nSPS) is 24.9. The first-order valence-corrected chi connectivity index (χ1v) is 11.5. The average Bonchev–Trinajstić information content (AvgIpc) is 3.05. The van der Waals surface area contributed by atoms with Gasteiger partial charge in [-0.25, -0.2) is 0 Å². The topological polar surface area (TPSA) is 87.2 Å². The first-order chi connectivity index (χ1) is 15.4. The average molecular weight is 442 g/mol. The van der Waals surface area contributed by atoms with Crippen LogP contribution in [0.4, 0.5) is 0 Å². The molecule has 2 heterocycles. The Morgan fingerprint density at radius 1 is 0.969 bits per heavy atom. The number of hydrogen-bond donors (Lipinski definition) is 0. The maximum absolute atomic E-state index is 12.8. The summed E-state index contributed by atoms with van der Waals surface area (Å²) in [6.45, 7) is 4.62. The van der Waals surface area contributed by atoms with E-state index in [1.54, 1.807) is 11.8 Å². The van der Waals surface area contributed by atoms with Gasteiger partial charge in [0.15, 0.2) is 6.10 Å². The van der Waals surface area contributed by atoms with Crippen LogP contribution in [0.15, 0.2) is 30.3 Å². The molecule has 32 heavy (non-hydrogen) atoms. The molecule has 1 aromatic rings. The number of fused-ring (bicyclic) bond motifs is 1. The largest absolute Gasteiger partial charge is 0.451 e. The van der Waals surface area contributed by atoms with Crippen molar-refractivity contribution in [1.82, 2.24) is 14.7 Å². The number of likely N-dealkylation sites (tertiary alicyclic amines) is 1. The summed E-state index contributed by atoms with van der Waals surface area (Å²) in [6.07, 6.45) is 2.32. The third-order valence-electron chi connectivity index (χ3n) is 6.81. The number of rotatable bonds is 6. The van der Waals surface area contributed by atoms with Gasteiger partial charge in [0.1, 0.15) is 6.54 Å². The summed E-state index contributed by atoms with van der Waals surface area (Å²) in [5.41, 5.74) is 1.24. The number of benzene rings is 1. The number of amides is 3. The number of esters is 1. The second kappa shape index (κ2) is 9.81. The molecule has 2 saturated heterocycles. The molecular formula is C24H31N3O5. The summed E-state index contributed by atoms with van der Waals surface area (Å²) in [5.74, 6) is -2.10. The molecule has 2 aliphatic heterocycles. The van der Waals surface area contributed by atoms with Crippen LogP contribution in [0.1, 0.15) is 38.2 Å². The van der Waals surface area contributed by atoms with Gasteiger partial charge in [-0.3, -0.25) is 29.0 Å². The highest BCUT2D eigenvalue weighted by Gasteiger charge is 2.48. The van der Waals surface area contributed by atoms with Crippen molar-refractivity contribution >= 4 is 23.7 Å². The third-order valence-corrected chi connectivity index (χ3v) is 6.81. The van der Waals surface area contributed by atoms with E-state index >= 15 is 0 Å². The standard InChI is InChI=1S/C24H31N3O5/c1-17(22(29)26-13-11-25(12-14-26)15-18-7-3-2-4-8-18)32-21(28)16-27-23(30)19-9-5-6-10-20(19)24(27)31/h2-4,7-8,17,19-20H,5-6,9-16H2,1H3. The molecule has 0 bridgehead atoms. The number of carbonyl (C=O) groups excluding carboxylic acids is 4. The Labute approximate surface area is 188 Å². The fourth-order valence-electron chi connectivity index (χ4n) is 5.03. The van der Waals surface area contributed by atoms with Crippen molar-refractivity contribution in [3.8, 4) is 0 Å². The third kappa shape index (κ3) is 4.85. The van der Waals surface area contributed by atoms with E-state index in [-0.39, 0.29) is 29.6 Å². The maximum atomic E-state index is 12.8. The summed E-state index contributed by atoms with van der Waals surface area (Å²) in [7, 11) is 0. The quantitative estimate of drug-likeness (QED) is 0.490. The van der Waals surface area contributed by atoms with E-state index in [1.807, 2.05) is 18.2 Å². The highest BCUT2D eigenvalue weighted by molar-refractivity contribution is 6.07. The molecule has 8 nitrogen and oxygen atoms in total. The van der Waals surface area contributed by atoms with E-state index in [9.17, 15) is 19.2 Å². The van der Waals surface area contributed by atoms with Gasteiger partial charge >= 0.3 is 5.97 Å². The van der Waals surface area contributed by atoms with Crippen LogP contribution >= 0.6 is 0 Å². The first kappa shape index (κ1) is 22.5. The molecule has 8 heteroatoms. The summed E-state index contributed by atoms with van der Waals surface area (Å²) in [4.78, 5) is 55.2. The van der Waals surface area contributed by atoms with E-state index in [0.29, 0.717) is 25.9 Å². The molecule has 1 aromatic carbocycles. The number of hydrogen-bond acceptors (Lipinski definition) is 6. The molecule has 3 atom stereocenters. The van der Waals surface area contributed by atoms with Crippen LogP contribution in [0.3, 0.4) is 0 Å². The van der Waals surface area contributed by atoms with Gasteiger partial charge in [0.05, 0.1) is 11.8 Å². The molecular weight excluding hydrogens is 410 g/mol. The summed E-state index contributed by atoms with van der Waals surface area (Å²) >= 11 is 0. The van der Waals surface area contributed by atoms with E-state index in [0.717, 1.165) is 37.4 Å². The van der Waals surface area contributed by atoms with Crippen molar-refractivity contribution in [3.63, 3.8) is 0 Å². The van der Waals surface area contributed by atoms with Gasteiger partial charge in [-0.15, -0.1) is 0 Å². The smallest absolute Gasteiger partial charge is 0.326 e. The fraction of sp³-hybridized carbons (Fsp3) is 0.583. The van der Waals surface area contributed by atoms with E-state index in [1.165, 1.54) is 5.56 Å². The number of imide groups is 1. The summed E-state index contributed by atoms with van der Waals surface area (Å²) < 4.78 is 5.31. The monoisotopic (exact) mass is 441 g/mol. The van der Waals surface area contributed by atoms with Crippen LogP contribution in [-0.2, 0) is 30.5 Å². The van der Waals surface area contributed by atoms with Gasteiger partial charge in [0.2, 0.25) is 11.8 Å². The Morgan fingerprint density at radius 2 is 1.56 bits per heavy atom. The zero-order valence-electron chi connectivity index (χ0n) is 18.6. The Morgan fingerprint density at radius 3 is 2.16 bits per heavy atom. The van der Waals surface area contributed by atoms with Crippen molar-refractivity contribution in [2.24, 2.45) is 11.8 Å². The van der Waals surface area contributed by atoms with Crippen LogP contribution in [0.5, 0.6) is 0 Å². The van der Waals surface area contributed by atoms with Crippen LogP contribution in [0.2, 0.25) is 0 Å². The van der Waals surface area contributed by atoms with Crippen molar-refractivity contribution < 1.29 is 23.9 Å². The molecule has 0 spiro atoms. The molecule has 3 unspecified atom stereocenters. The van der Waals surface area contributed by atoms with Crippen LogP contribution < -0.4 is 0 Å². The van der Waals surface area contributed by atoms with Crippen LogP contribution in [0.25, 0.3) is 0 Å². The van der Waals surface area contributed by atoms with Gasteiger partial charge in [-0.1, -0.05) is 43.2 Å². The van der Waals surface area contributed by atoms with Gasteiger partial charge in [0, 0.05) is 32.7 Å². The minimum Gasteiger partial charge on any atom is -0.451 e.